The number of allylic oxidation sites excluding steroid dienone is 2. The average molecular weight is 438 g/mol. The summed E-state index contributed by atoms with van der Waals surface area (Å²) in [7, 11) is -4.14. The number of aliphatic hydroxyl groups excluding tert-OH is 1. The van der Waals surface area contributed by atoms with Crippen LogP contribution in [0.1, 0.15) is 84.0 Å². The Morgan fingerprint density at radius 1 is 0.862 bits per heavy atom. The fraction of sp³-hybridized carbons (Fsp3) is 0.905. The molecule has 0 bridgehead atoms. The molecule has 0 aromatic rings. The number of unbranched alkanes of at least 4 members (excludes halogenated alkanes) is 10. The lowest BCUT2D eigenvalue weighted by atomic mass is 10.1. The minimum atomic E-state index is -4.14. The Hall–Kier alpha value is -0.270. The highest BCUT2D eigenvalue weighted by atomic mass is 31.2. The first-order valence-corrected chi connectivity index (χ1v) is 12.7. The number of phosphoric acid groups is 1. The number of hydrogen-bond donors (Lipinski definition) is 3. The molecule has 0 aliphatic carbocycles. The van der Waals surface area contributed by atoms with Gasteiger partial charge in [0.25, 0.3) is 0 Å². The quantitative estimate of drug-likeness (QED) is 0.128. The van der Waals surface area contributed by atoms with Gasteiger partial charge in [0.15, 0.2) is 0 Å². The summed E-state index contributed by atoms with van der Waals surface area (Å²) < 4.78 is 26.0. The zero-order valence-corrected chi connectivity index (χ0v) is 19.2. The van der Waals surface area contributed by atoms with E-state index in [1.807, 2.05) is 0 Å². The lowest BCUT2D eigenvalue weighted by Crippen LogP contribution is -2.22. The summed E-state index contributed by atoms with van der Waals surface area (Å²) in [6.45, 7) is 2.61. The van der Waals surface area contributed by atoms with Crippen molar-refractivity contribution in [2.75, 3.05) is 33.0 Å². The molecule has 0 amide bonds. The molecule has 0 aromatic heterocycles. The van der Waals surface area contributed by atoms with Gasteiger partial charge in [-0.3, -0.25) is 9.05 Å². The zero-order chi connectivity index (χ0) is 21.6. The van der Waals surface area contributed by atoms with Gasteiger partial charge in [0.1, 0.15) is 6.10 Å². The van der Waals surface area contributed by atoms with Crippen LogP contribution >= 0.6 is 7.82 Å². The van der Waals surface area contributed by atoms with Crippen LogP contribution in [0.5, 0.6) is 0 Å². The van der Waals surface area contributed by atoms with Crippen molar-refractivity contribution in [3.8, 4) is 0 Å². The number of rotatable bonds is 22. The molecule has 0 heterocycles. The monoisotopic (exact) mass is 437 g/mol. The first-order valence-electron chi connectivity index (χ1n) is 11.2. The van der Waals surface area contributed by atoms with Crippen molar-refractivity contribution in [1.29, 1.82) is 0 Å². The number of hydrogen-bond acceptors (Lipinski definition) is 6. The maximum atomic E-state index is 11.4. The highest BCUT2D eigenvalue weighted by molar-refractivity contribution is 7.47. The second kappa shape index (κ2) is 21.0. The maximum absolute atomic E-state index is 11.4. The summed E-state index contributed by atoms with van der Waals surface area (Å²) in [6, 6.07) is 0. The molecule has 0 aliphatic heterocycles. The standard InChI is InChI=1S/C21H44NO6P/c1-2-3-4-5-6-7-8-9-10-11-12-13-14-15-17-26-19-21(23)20-28-29(24,25)27-18-16-22/h7-8,21,23H,2-6,9-20,22H2,1H3,(H,24,25)/b8-7-/t21-/m1/s1. The molecule has 0 saturated carbocycles. The molecule has 0 aliphatic rings. The zero-order valence-electron chi connectivity index (χ0n) is 18.3. The molecule has 0 aromatic carbocycles. The van der Waals surface area contributed by atoms with Crippen molar-refractivity contribution in [2.24, 2.45) is 5.73 Å². The molecule has 0 radical (unpaired) electrons. The van der Waals surface area contributed by atoms with Crippen LogP contribution < -0.4 is 5.73 Å². The molecule has 4 N–H and O–H groups in total. The second-order valence-electron chi connectivity index (χ2n) is 7.35. The molecule has 1 unspecified atom stereocenters. The van der Waals surface area contributed by atoms with E-state index in [0.29, 0.717) is 6.61 Å². The van der Waals surface area contributed by atoms with Crippen LogP contribution in [0, 0.1) is 0 Å². The van der Waals surface area contributed by atoms with Crippen molar-refractivity contribution >= 4 is 7.82 Å². The van der Waals surface area contributed by atoms with Gasteiger partial charge in [0.2, 0.25) is 0 Å². The number of aliphatic hydroxyl groups is 1. The van der Waals surface area contributed by atoms with Gasteiger partial charge >= 0.3 is 7.82 Å². The fourth-order valence-electron chi connectivity index (χ4n) is 2.75. The summed E-state index contributed by atoms with van der Waals surface area (Å²) in [4.78, 5) is 9.31. The van der Waals surface area contributed by atoms with Gasteiger partial charge in [-0.1, -0.05) is 64.0 Å². The Morgan fingerprint density at radius 3 is 2.07 bits per heavy atom. The number of phosphoric ester groups is 1. The predicted molar refractivity (Wildman–Crippen MR) is 118 cm³/mol. The average Bonchev–Trinajstić information content (AvgIpc) is 2.70. The summed E-state index contributed by atoms with van der Waals surface area (Å²) in [5.41, 5.74) is 5.18. The van der Waals surface area contributed by atoms with Crippen molar-refractivity contribution in [2.45, 2.75) is 90.1 Å². The fourth-order valence-corrected chi connectivity index (χ4v) is 3.52. The molecule has 29 heavy (non-hydrogen) atoms. The highest BCUT2D eigenvalue weighted by Gasteiger charge is 2.22. The van der Waals surface area contributed by atoms with Gasteiger partial charge < -0.3 is 20.5 Å². The van der Waals surface area contributed by atoms with E-state index in [2.05, 4.69) is 28.1 Å². The van der Waals surface area contributed by atoms with Gasteiger partial charge in [-0.15, -0.1) is 0 Å². The molecule has 0 spiro atoms. The third kappa shape index (κ3) is 22.2. The first-order chi connectivity index (χ1) is 14.0. The summed E-state index contributed by atoms with van der Waals surface area (Å²) >= 11 is 0. The van der Waals surface area contributed by atoms with Crippen LogP contribution in [0.15, 0.2) is 12.2 Å². The molecule has 2 atom stereocenters. The van der Waals surface area contributed by atoms with E-state index in [0.717, 1.165) is 12.8 Å². The van der Waals surface area contributed by atoms with Crippen LogP contribution in [-0.2, 0) is 18.3 Å². The summed E-state index contributed by atoms with van der Waals surface area (Å²) in [5.74, 6) is 0. The van der Waals surface area contributed by atoms with E-state index in [1.165, 1.54) is 64.2 Å². The Bertz CT molecular complexity index is 422. The van der Waals surface area contributed by atoms with Gasteiger partial charge in [0, 0.05) is 13.2 Å². The summed E-state index contributed by atoms with van der Waals surface area (Å²) in [5, 5.41) is 9.69. The van der Waals surface area contributed by atoms with Crippen LogP contribution in [0.25, 0.3) is 0 Å². The molecule has 0 fully saturated rings. The van der Waals surface area contributed by atoms with Crippen molar-refractivity contribution in [1.82, 2.24) is 0 Å². The van der Waals surface area contributed by atoms with Crippen molar-refractivity contribution < 1.29 is 28.3 Å². The highest BCUT2D eigenvalue weighted by Crippen LogP contribution is 2.42. The number of nitrogens with two attached hydrogens (primary N) is 1. The lowest BCUT2D eigenvalue weighted by molar-refractivity contribution is 0.00230. The molecule has 8 heteroatoms. The second-order valence-corrected chi connectivity index (χ2v) is 8.80. The van der Waals surface area contributed by atoms with Crippen molar-refractivity contribution in [3.05, 3.63) is 12.2 Å². The van der Waals surface area contributed by atoms with E-state index in [-0.39, 0.29) is 26.4 Å². The Morgan fingerprint density at radius 2 is 1.45 bits per heavy atom. The molecular weight excluding hydrogens is 393 g/mol. The summed E-state index contributed by atoms with van der Waals surface area (Å²) in [6.07, 6.45) is 18.5. The topological polar surface area (TPSA) is 111 Å². The van der Waals surface area contributed by atoms with E-state index in [1.54, 1.807) is 0 Å². The third-order valence-electron chi connectivity index (χ3n) is 4.41. The van der Waals surface area contributed by atoms with Gasteiger partial charge in [-0.2, -0.15) is 0 Å². The molecule has 7 nitrogen and oxygen atoms in total. The smallest absolute Gasteiger partial charge is 0.388 e. The van der Waals surface area contributed by atoms with Gasteiger partial charge in [-0.25, -0.2) is 4.57 Å². The lowest BCUT2D eigenvalue weighted by Gasteiger charge is -2.15. The van der Waals surface area contributed by atoms with Crippen LogP contribution in [0.2, 0.25) is 0 Å². The minimum absolute atomic E-state index is 0.0711. The minimum Gasteiger partial charge on any atom is -0.388 e. The van der Waals surface area contributed by atoms with Crippen molar-refractivity contribution in [3.63, 3.8) is 0 Å². The van der Waals surface area contributed by atoms with E-state index in [4.69, 9.17) is 10.5 Å². The van der Waals surface area contributed by atoms with Gasteiger partial charge in [-0.05, 0) is 32.1 Å². The SMILES string of the molecule is CCCCCC/C=C\CCCCCCCCOC[C@@H](O)COP(=O)(O)OCCN. The van der Waals surface area contributed by atoms with E-state index < -0.39 is 13.9 Å². The first kappa shape index (κ1) is 28.7. The maximum Gasteiger partial charge on any atom is 0.472 e. The number of ether oxygens (including phenoxy) is 1. The molecular formula is C21H44NO6P. The third-order valence-corrected chi connectivity index (χ3v) is 5.40. The largest absolute Gasteiger partial charge is 0.472 e. The Kier molecular flexibility index (Phi) is 20.8. The normalized spacial score (nSPS) is 15.0. The molecule has 174 valence electrons. The Labute approximate surface area is 177 Å². The van der Waals surface area contributed by atoms with Crippen LogP contribution in [0.3, 0.4) is 0 Å². The van der Waals surface area contributed by atoms with Crippen LogP contribution in [-0.4, -0.2) is 49.1 Å². The van der Waals surface area contributed by atoms with E-state index in [9.17, 15) is 14.6 Å². The van der Waals surface area contributed by atoms with E-state index >= 15 is 0 Å². The molecule has 0 saturated heterocycles. The predicted octanol–water partition coefficient (Wildman–Crippen LogP) is 4.71. The van der Waals surface area contributed by atoms with Crippen LogP contribution in [0.4, 0.5) is 0 Å². The van der Waals surface area contributed by atoms with Gasteiger partial charge in [0.05, 0.1) is 19.8 Å². The molecule has 0 rings (SSSR count). The Balaban J connectivity index is 3.34.